The van der Waals surface area contributed by atoms with E-state index in [0.717, 1.165) is 11.1 Å². The highest BCUT2D eigenvalue weighted by Crippen LogP contribution is 2.35. The molecule has 1 aromatic heterocycles. The summed E-state index contributed by atoms with van der Waals surface area (Å²) in [6.45, 7) is 7.83. The van der Waals surface area contributed by atoms with E-state index in [1.165, 1.54) is 19.5 Å². The van der Waals surface area contributed by atoms with Gasteiger partial charge in [0.1, 0.15) is 0 Å². The van der Waals surface area contributed by atoms with E-state index in [1.54, 1.807) is 12.1 Å². The molecule has 2 rings (SSSR count). The Morgan fingerprint density at radius 3 is 2.11 bits per heavy atom. The van der Waals surface area contributed by atoms with Gasteiger partial charge < -0.3 is 10.1 Å². The van der Waals surface area contributed by atoms with Gasteiger partial charge in [0.25, 0.3) is 15.9 Å². The molecule has 0 spiro atoms. The minimum atomic E-state index is -4.28. The average Bonchev–Trinajstić information content (AvgIpc) is 2.61. The number of anilines is 1. The lowest BCUT2D eigenvalue weighted by Crippen LogP contribution is -2.35. The van der Waals surface area contributed by atoms with Crippen molar-refractivity contribution in [3.05, 3.63) is 40.7 Å². The fraction of sp³-hybridized carbons (Fsp3) is 0.389. The molecule has 2 aromatic rings. The molecule has 0 aliphatic rings. The summed E-state index contributed by atoms with van der Waals surface area (Å²) >= 11 is 6.21. The topological polar surface area (TPSA) is 110 Å². The number of rotatable bonds is 6. The lowest BCUT2D eigenvalue weighted by molar-refractivity contribution is 0.256. The summed E-state index contributed by atoms with van der Waals surface area (Å²) in [5.41, 5.74) is 2.15. The monoisotopic (exact) mass is 426 g/mol. The minimum absolute atomic E-state index is 0.0585. The Hall–Kier alpha value is -2.39. The number of methoxy groups -OCH3 is 1. The number of ether oxygens (including phenoxy) is 1. The van der Waals surface area contributed by atoms with Gasteiger partial charge in [-0.1, -0.05) is 39.3 Å². The third kappa shape index (κ3) is 4.90. The second-order valence-electron chi connectivity index (χ2n) is 6.70. The van der Waals surface area contributed by atoms with Crippen LogP contribution >= 0.6 is 11.6 Å². The third-order valence-electron chi connectivity index (χ3n) is 3.95. The molecule has 0 radical (unpaired) electrons. The van der Waals surface area contributed by atoms with Crippen molar-refractivity contribution in [3.8, 4) is 5.88 Å². The van der Waals surface area contributed by atoms with Gasteiger partial charge in [0, 0.05) is 23.1 Å². The van der Waals surface area contributed by atoms with Crippen LogP contribution in [-0.4, -0.2) is 31.5 Å². The summed E-state index contributed by atoms with van der Waals surface area (Å²) in [6, 6.07) is 2.60. The molecule has 0 bridgehead atoms. The number of benzene rings is 1. The SMILES string of the molecule is COc1nccnc1S(=O)(=O)NC(=O)Nc1c(C(C)C)cc(Cl)cc1C(C)C. The first-order valence-electron chi connectivity index (χ1n) is 8.59. The van der Waals surface area contributed by atoms with Crippen LogP contribution in [0.15, 0.2) is 29.6 Å². The number of sulfonamides is 1. The van der Waals surface area contributed by atoms with Crippen molar-refractivity contribution in [2.45, 2.75) is 44.6 Å². The third-order valence-corrected chi connectivity index (χ3v) is 5.42. The summed E-state index contributed by atoms with van der Waals surface area (Å²) < 4.78 is 31.9. The largest absolute Gasteiger partial charge is 0.479 e. The molecule has 2 N–H and O–H groups in total. The van der Waals surface area contributed by atoms with Gasteiger partial charge in [-0.2, -0.15) is 8.42 Å². The zero-order valence-corrected chi connectivity index (χ0v) is 17.9. The van der Waals surface area contributed by atoms with E-state index in [1.807, 2.05) is 32.4 Å². The van der Waals surface area contributed by atoms with E-state index in [0.29, 0.717) is 10.7 Å². The predicted octanol–water partition coefficient (Wildman–Crippen LogP) is 3.90. The molecule has 0 aliphatic heterocycles. The Balaban J connectivity index is 2.38. The fourth-order valence-corrected chi connectivity index (χ4v) is 3.84. The molecule has 0 unspecified atom stereocenters. The molecule has 152 valence electrons. The number of amides is 2. The molecule has 0 aliphatic carbocycles. The summed E-state index contributed by atoms with van der Waals surface area (Å²) in [5, 5.41) is 2.73. The van der Waals surface area contributed by atoms with Gasteiger partial charge in [0.15, 0.2) is 0 Å². The Morgan fingerprint density at radius 2 is 1.61 bits per heavy atom. The maximum absolute atomic E-state index is 12.5. The van der Waals surface area contributed by atoms with Gasteiger partial charge in [-0.05, 0) is 35.1 Å². The van der Waals surface area contributed by atoms with Crippen LogP contribution in [0.25, 0.3) is 0 Å². The van der Waals surface area contributed by atoms with Gasteiger partial charge >= 0.3 is 6.03 Å². The van der Waals surface area contributed by atoms with E-state index in [-0.39, 0.29) is 17.7 Å². The van der Waals surface area contributed by atoms with Crippen LogP contribution in [0, 0.1) is 0 Å². The molecular weight excluding hydrogens is 404 g/mol. The maximum atomic E-state index is 12.5. The Labute approximate surface area is 169 Å². The van der Waals surface area contributed by atoms with Crippen LogP contribution in [0.1, 0.15) is 50.7 Å². The molecule has 0 atom stereocenters. The average molecular weight is 427 g/mol. The van der Waals surface area contributed by atoms with E-state index in [4.69, 9.17) is 16.3 Å². The highest BCUT2D eigenvalue weighted by atomic mass is 35.5. The molecule has 1 aromatic carbocycles. The predicted molar refractivity (Wildman–Crippen MR) is 108 cm³/mol. The normalized spacial score (nSPS) is 11.6. The van der Waals surface area contributed by atoms with Crippen molar-refractivity contribution < 1.29 is 17.9 Å². The van der Waals surface area contributed by atoms with Gasteiger partial charge in [0.05, 0.1) is 7.11 Å². The minimum Gasteiger partial charge on any atom is -0.479 e. The Morgan fingerprint density at radius 1 is 1.07 bits per heavy atom. The second kappa shape index (κ2) is 8.74. The van der Waals surface area contributed by atoms with Crippen molar-refractivity contribution in [1.29, 1.82) is 0 Å². The standard InChI is InChI=1S/C18H23ClN4O4S/c1-10(2)13-8-12(19)9-14(11(3)4)15(13)22-18(24)23-28(25,26)17-16(27-5)20-6-7-21-17/h6-11H,1-5H3,(H2,22,23,24). The number of urea groups is 1. The van der Waals surface area contributed by atoms with Crippen LogP contribution in [-0.2, 0) is 10.0 Å². The van der Waals surface area contributed by atoms with E-state index < -0.39 is 21.1 Å². The number of aromatic nitrogens is 2. The zero-order chi connectivity index (χ0) is 21.1. The lowest BCUT2D eigenvalue weighted by atomic mass is 9.92. The first kappa shape index (κ1) is 21.9. The van der Waals surface area contributed by atoms with Crippen LogP contribution in [0.3, 0.4) is 0 Å². The van der Waals surface area contributed by atoms with E-state index >= 15 is 0 Å². The molecule has 8 nitrogen and oxygen atoms in total. The van der Waals surface area contributed by atoms with Crippen molar-refractivity contribution >= 4 is 33.3 Å². The number of hydrogen-bond acceptors (Lipinski definition) is 6. The number of carbonyl (C=O) groups excluding carboxylic acids is 1. The molecular formula is C18H23ClN4O4S. The smallest absolute Gasteiger partial charge is 0.333 e. The number of nitrogens with one attached hydrogen (secondary N) is 2. The fourth-order valence-electron chi connectivity index (χ4n) is 2.65. The number of halogens is 1. The maximum Gasteiger partial charge on any atom is 0.333 e. The lowest BCUT2D eigenvalue weighted by Gasteiger charge is -2.21. The number of carbonyl (C=O) groups is 1. The molecule has 28 heavy (non-hydrogen) atoms. The summed E-state index contributed by atoms with van der Waals surface area (Å²) in [7, 11) is -3.02. The Kier molecular flexibility index (Phi) is 6.84. The van der Waals surface area contributed by atoms with Crippen LogP contribution < -0.4 is 14.8 Å². The number of nitrogens with zero attached hydrogens (tertiary/aromatic N) is 2. The van der Waals surface area contributed by atoms with Crippen molar-refractivity contribution in [1.82, 2.24) is 14.7 Å². The molecule has 0 fully saturated rings. The molecule has 2 amide bonds. The van der Waals surface area contributed by atoms with E-state index in [2.05, 4.69) is 15.3 Å². The van der Waals surface area contributed by atoms with Crippen LogP contribution in [0.4, 0.5) is 10.5 Å². The second-order valence-corrected chi connectivity index (χ2v) is 8.73. The first-order valence-corrected chi connectivity index (χ1v) is 10.4. The zero-order valence-electron chi connectivity index (χ0n) is 16.3. The van der Waals surface area contributed by atoms with Crippen molar-refractivity contribution in [3.63, 3.8) is 0 Å². The van der Waals surface area contributed by atoms with Crippen molar-refractivity contribution in [2.75, 3.05) is 12.4 Å². The van der Waals surface area contributed by atoms with Crippen molar-refractivity contribution in [2.24, 2.45) is 0 Å². The van der Waals surface area contributed by atoms with Crippen LogP contribution in [0.5, 0.6) is 5.88 Å². The number of hydrogen-bond donors (Lipinski definition) is 2. The highest BCUT2D eigenvalue weighted by Gasteiger charge is 2.26. The first-order chi connectivity index (χ1) is 13.1. The van der Waals surface area contributed by atoms with Gasteiger partial charge in [-0.3, -0.25) is 0 Å². The molecule has 0 saturated heterocycles. The quantitative estimate of drug-likeness (QED) is 0.724. The Bertz CT molecular complexity index is 948. The summed E-state index contributed by atoms with van der Waals surface area (Å²) in [5.74, 6) is -0.0913. The van der Waals surface area contributed by atoms with Gasteiger partial charge in [0.2, 0.25) is 5.03 Å². The molecule has 0 saturated carbocycles. The molecule has 1 heterocycles. The highest BCUT2D eigenvalue weighted by molar-refractivity contribution is 7.90. The van der Waals surface area contributed by atoms with E-state index in [9.17, 15) is 13.2 Å². The van der Waals surface area contributed by atoms with Gasteiger partial charge in [-0.15, -0.1) is 0 Å². The van der Waals surface area contributed by atoms with Gasteiger partial charge in [-0.25, -0.2) is 19.5 Å². The summed E-state index contributed by atoms with van der Waals surface area (Å²) in [6.07, 6.45) is 2.48. The summed E-state index contributed by atoms with van der Waals surface area (Å²) in [4.78, 5) is 20.1. The van der Waals surface area contributed by atoms with Crippen LogP contribution in [0.2, 0.25) is 5.02 Å². The molecule has 10 heteroatoms.